The first kappa shape index (κ1) is 24.3. The van der Waals surface area contributed by atoms with Crippen LogP contribution in [0.4, 0.5) is 19.0 Å². The maximum absolute atomic E-state index is 13.6. The van der Waals surface area contributed by atoms with Crippen molar-refractivity contribution >= 4 is 17.4 Å². The Kier molecular flexibility index (Phi) is 6.53. The number of ether oxygens (including phenoxy) is 1. The van der Waals surface area contributed by atoms with Crippen molar-refractivity contribution in [2.75, 3.05) is 0 Å². The van der Waals surface area contributed by atoms with Crippen LogP contribution < -0.4 is 4.74 Å². The molecule has 0 saturated carbocycles. The Morgan fingerprint density at radius 1 is 1.09 bits per heavy atom. The molecule has 0 fully saturated rings. The minimum absolute atomic E-state index is 0.0499. The van der Waals surface area contributed by atoms with E-state index in [1.54, 1.807) is 43.4 Å². The van der Waals surface area contributed by atoms with Gasteiger partial charge in [-0.3, -0.25) is 4.68 Å². The molecule has 0 aliphatic heterocycles. The van der Waals surface area contributed by atoms with Crippen LogP contribution in [-0.4, -0.2) is 14.9 Å². The lowest BCUT2D eigenvalue weighted by atomic mass is 9.95. The van der Waals surface area contributed by atoms with E-state index < -0.39 is 11.7 Å². The van der Waals surface area contributed by atoms with Gasteiger partial charge in [-0.2, -0.15) is 13.2 Å². The zero-order chi connectivity index (χ0) is 25.3. The Morgan fingerprint density at radius 3 is 2.43 bits per heavy atom. The fourth-order valence-electron chi connectivity index (χ4n) is 3.75. The van der Waals surface area contributed by atoms with Gasteiger partial charge in [0.2, 0.25) is 5.82 Å². The van der Waals surface area contributed by atoms with Crippen molar-refractivity contribution in [3.63, 3.8) is 0 Å². The van der Waals surface area contributed by atoms with Crippen molar-refractivity contribution in [1.82, 2.24) is 9.78 Å². The highest BCUT2D eigenvalue weighted by atomic mass is 35.5. The number of phenolic OH excluding ortho intramolecular Hbond substituents is 1. The van der Waals surface area contributed by atoms with Gasteiger partial charge in [0, 0.05) is 23.7 Å². The maximum atomic E-state index is 13.6. The summed E-state index contributed by atoms with van der Waals surface area (Å²) in [5.74, 6) is -0.244. The summed E-state index contributed by atoms with van der Waals surface area (Å²) in [6.45, 7) is 1.45. The van der Waals surface area contributed by atoms with Gasteiger partial charge in [-0.1, -0.05) is 35.9 Å². The number of hydrogen-bond acceptors (Lipinski definition) is 5. The van der Waals surface area contributed by atoms with Crippen molar-refractivity contribution in [2.24, 2.45) is 12.2 Å². The number of phenols is 1. The first-order valence-corrected chi connectivity index (χ1v) is 10.8. The summed E-state index contributed by atoms with van der Waals surface area (Å²) in [4.78, 5) is 10.9. The Balaban J connectivity index is 1.87. The van der Waals surface area contributed by atoms with E-state index in [0.717, 1.165) is 11.6 Å². The van der Waals surface area contributed by atoms with E-state index in [9.17, 15) is 23.2 Å². The zero-order valence-corrected chi connectivity index (χ0v) is 19.4. The molecule has 180 valence electrons. The van der Waals surface area contributed by atoms with Gasteiger partial charge in [0.05, 0.1) is 16.8 Å². The molecule has 1 N–H and O–H groups in total. The van der Waals surface area contributed by atoms with E-state index in [0.29, 0.717) is 10.7 Å². The number of aromatic nitrogens is 2. The average Bonchev–Trinajstić information content (AvgIpc) is 3.19. The number of alkyl halides is 3. The summed E-state index contributed by atoms with van der Waals surface area (Å²) in [6, 6.07) is 15.2. The van der Waals surface area contributed by atoms with Gasteiger partial charge in [-0.15, -0.1) is 10.0 Å². The van der Waals surface area contributed by atoms with E-state index in [1.807, 2.05) is 0 Å². The molecule has 0 saturated heterocycles. The molecule has 0 unspecified atom stereocenters. The van der Waals surface area contributed by atoms with Crippen molar-refractivity contribution in [3.05, 3.63) is 87.3 Å². The summed E-state index contributed by atoms with van der Waals surface area (Å²) < 4.78 is 48.2. The third-order valence-electron chi connectivity index (χ3n) is 5.52. The van der Waals surface area contributed by atoms with Crippen molar-refractivity contribution in [1.29, 1.82) is 0 Å². The molecule has 4 rings (SSSR count). The minimum atomic E-state index is -4.58. The van der Waals surface area contributed by atoms with E-state index >= 15 is 0 Å². The average molecular weight is 502 g/mol. The van der Waals surface area contributed by atoms with Gasteiger partial charge in [-0.25, -0.2) is 0 Å². The lowest BCUT2D eigenvalue weighted by molar-refractivity contribution is -0.138. The zero-order valence-electron chi connectivity index (χ0n) is 18.6. The van der Waals surface area contributed by atoms with Gasteiger partial charge in [0.15, 0.2) is 0 Å². The van der Waals surface area contributed by atoms with Crippen molar-refractivity contribution in [2.45, 2.75) is 19.7 Å². The highest BCUT2D eigenvalue weighted by Crippen LogP contribution is 2.46. The Labute approximate surface area is 203 Å². The van der Waals surface area contributed by atoms with Crippen molar-refractivity contribution in [3.8, 4) is 33.9 Å². The predicted molar refractivity (Wildman–Crippen MR) is 127 cm³/mol. The number of halogens is 4. The molecule has 1 aromatic heterocycles. The molecule has 35 heavy (non-hydrogen) atoms. The van der Waals surface area contributed by atoms with Gasteiger partial charge >= 0.3 is 6.18 Å². The summed E-state index contributed by atoms with van der Waals surface area (Å²) in [6.07, 6.45) is -4.58. The Bertz CT molecular complexity index is 1400. The Hall–Kier alpha value is -3.85. The molecule has 0 aliphatic rings. The highest BCUT2D eigenvalue weighted by molar-refractivity contribution is 6.30. The first-order chi connectivity index (χ1) is 16.6. The van der Waals surface area contributed by atoms with Crippen LogP contribution >= 0.6 is 11.6 Å². The molecule has 0 spiro atoms. The van der Waals surface area contributed by atoms with Gasteiger partial charge in [-0.05, 0) is 59.1 Å². The molecule has 3 aromatic carbocycles. The van der Waals surface area contributed by atoms with Crippen molar-refractivity contribution < 1.29 is 23.0 Å². The second-order valence-corrected chi connectivity index (χ2v) is 8.32. The van der Waals surface area contributed by atoms with E-state index in [4.69, 9.17) is 16.3 Å². The highest BCUT2D eigenvalue weighted by Gasteiger charge is 2.33. The fraction of sp³-hybridized carbons (Fsp3) is 0.160. The lowest BCUT2D eigenvalue weighted by Gasteiger charge is -2.18. The molecule has 0 atom stereocenters. The standard InChI is InChI=1S/C25H19ClF3N3O3/c1-14-3-6-16(11-19(14)25(27,28)29)23-21(35-13-15-4-7-17(26)8-5-15)10-9-18(24(23)33)20-12-22(31-34)30-32(20)2/h3-12,33H,13H2,1-2H3. The van der Waals surface area contributed by atoms with E-state index in [2.05, 4.69) is 10.3 Å². The topological polar surface area (TPSA) is 76.7 Å². The molecule has 0 radical (unpaired) electrons. The molecule has 10 heteroatoms. The monoisotopic (exact) mass is 501 g/mol. The number of aromatic hydroxyl groups is 1. The normalized spacial score (nSPS) is 11.5. The summed E-state index contributed by atoms with van der Waals surface area (Å²) in [5.41, 5.74) is 0.791. The third kappa shape index (κ3) is 5.00. The largest absolute Gasteiger partial charge is 0.506 e. The van der Waals surface area contributed by atoms with Gasteiger partial charge in [0.1, 0.15) is 18.1 Å². The predicted octanol–water partition coefficient (Wildman–Crippen LogP) is 7.42. The SMILES string of the molecule is Cc1ccc(-c2c(OCc3ccc(Cl)cc3)ccc(-c3cc(N=O)nn3C)c2O)cc1C(F)(F)F. The van der Waals surface area contributed by atoms with Crippen LogP contribution in [0.2, 0.25) is 5.02 Å². The lowest BCUT2D eigenvalue weighted by Crippen LogP contribution is -2.07. The summed E-state index contributed by atoms with van der Waals surface area (Å²) in [5, 5.41) is 18.6. The number of hydrogen-bond donors (Lipinski definition) is 1. The van der Waals surface area contributed by atoms with E-state index in [1.165, 1.54) is 29.8 Å². The van der Waals surface area contributed by atoms with Gasteiger partial charge < -0.3 is 9.84 Å². The molecule has 0 aliphatic carbocycles. The summed E-state index contributed by atoms with van der Waals surface area (Å²) in [7, 11) is 1.56. The van der Waals surface area contributed by atoms with Crippen LogP contribution in [0.25, 0.3) is 22.4 Å². The number of benzene rings is 3. The number of rotatable bonds is 6. The molecular formula is C25H19ClF3N3O3. The molecular weight excluding hydrogens is 483 g/mol. The van der Waals surface area contributed by atoms with E-state index in [-0.39, 0.29) is 46.2 Å². The van der Waals surface area contributed by atoms with Crippen LogP contribution in [0.5, 0.6) is 11.5 Å². The Morgan fingerprint density at radius 2 is 1.80 bits per heavy atom. The number of aryl methyl sites for hydroxylation is 2. The minimum Gasteiger partial charge on any atom is -0.506 e. The van der Waals surface area contributed by atoms with Gasteiger partial charge in [0.25, 0.3) is 0 Å². The van der Waals surface area contributed by atoms with Crippen LogP contribution in [0.3, 0.4) is 0 Å². The quantitative estimate of drug-likeness (QED) is 0.279. The van der Waals surface area contributed by atoms with Crippen LogP contribution in [-0.2, 0) is 19.8 Å². The summed E-state index contributed by atoms with van der Waals surface area (Å²) >= 11 is 5.92. The van der Waals surface area contributed by atoms with Crippen LogP contribution in [0.15, 0.2) is 65.8 Å². The smallest absolute Gasteiger partial charge is 0.416 e. The number of nitrogens with zero attached hydrogens (tertiary/aromatic N) is 3. The second kappa shape index (κ2) is 9.42. The first-order valence-electron chi connectivity index (χ1n) is 10.4. The third-order valence-corrected chi connectivity index (χ3v) is 5.77. The molecule has 0 amide bonds. The fourth-order valence-corrected chi connectivity index (χ4v) is 3.88. The van der Waals surface area contributed by atoms with Crippen LogP contribution in [0, 0.1) is 11.8 Å². The van der Waals surface area contributed by atoms with Crippen LogP contribution in [0.1, 0.15) is 16.7 Å². The second-order valence-electron chi connectivity index (χ2n) is 7.88. The molecule has 4 aromatic rings. The number of nitroso groups, excluding NO2 is 1. The molecule has 6 nitrogen and oxygen atoms in total. The molecule has 0 bridgehead atoms. The maximum Gasteiger partial charge on any atom is 0.416 e. The molecule has 1 heterocycles.